The molecule has 0 radical (unpaired) electrons. The molecule has 6 nitrogen and oxygen atoms in total. The van der Waals surface area contributed by atoms with Crippen LogP contribution in [-0.2, 0) is 9.59 Å². The van der Waals surface area contributed by atoms with Gasteiger partial charge in [-0.05, 0) is 26.5 Å². The van der Waals surface area contributed by atoms with E-state index in [0.717, 1.165) is 31.7 Å². The van der Waals surface area contributed by atoms with Crippen molar-refractivity contribution in [3.8, 4) is 0 Å². The summed E-state index contributed by atoms with van der Waals surface area (Å²) in [6.07, 6.45) is 0.300. The Morgan fingerprint density at radius 2 is 1.72 bits per heavy atom. The highest BCUT2D eigenvalue weighted by Crippen LogP contribution is 2.22. The van der Waals surface area contributed by atoms with E-state index in [-0.39, 0.29) is 23.9 Å². The zero-order valence-electron chi connectivity index (χ0n) is 15.5. The molecule has 1 aliphatic heterocycles. The highest BCUT2D eigenvalue weighted by molar-refractivity contribution is 5.84. The Kier molecular flexibility index (Phi) is 7.40. The first-order valence-electron chi connectivity index (χ1n) is 9.02. The molecule has 1 aromatic carbocycles. The predicted octanol–water partition coefficient (Wildman–Crippen LogP) is 1.01. The molecule has 1 heterocycles. The monoisotopic (exact) mass is 346 g/mol. The zero-order chi connectivity index (χ0) is 18.2. The Bertz CT molecular complexity index is 554. The van der Waals surface area contributed by atoms with E-state index < -0.39 is 0 Å². The standard InChI is InChI=1S/C19H30N4O2/c1-15(2)21-17(24)9-10-20-19(25)18(16-7-5-4-6-8-16)23-13-11-22(3)12-14-23/h4-8,15,18H,9-14H2,1-3H3,(H,20,25)(H,21,24)/t18-/m0/s1. The van der Waals surface area contributed by atoms with Gasteiger partial charge in [-0.2, -0.15) is 0 Å². The smallest absolute Gasteiger partial charge is 0.241 e. The Balaban J connectivity index is 1.97. The van der Waals surface area contributed by atoms with E-state index in [0.29, 0.717) is 13.0 Å². The van der Waals surface area contributed by atoms with E-state index in [4.69, 9.17) is 0 Å². The molecule has 6 heteroatoms. The molecule has 1 atom stereocenters. The van der Waals surface area contributed by atoms with E-state index in [1.54, 1.807) is 0 Å². The summed E-state index contributed by atoms with van der Waals surface area (Å²) in [5.74, 6) is -0.0701. The number of hydrogen-bond donors (Lipinski definition) is 2. The van der Waals surface area contributed by atoms with Crippen LogP contribution in [0.25, 0.3) is 0 Å². The molecule has 138 valence electrons. The van der Waals surface area contributed by atoms with Crippen molar-refractivity contribution in [3.63, 3.8) is 0 Å². The third kappa shape index (κ3) is 6.14. The fourth-order valence-corrected chi connectivity index (χ4v) is 3.03. The molecule has 0 unspecified atom stereocenters. The Morgan fingerprint density at radius 3 is 2.32 bits per heavy atom. The van der Waals surface area contributed by atoms with E-state index in [2.05, 4.69) is 27.5 Å². The lowest BCUT2D eigenvalue weighted by molar-refractivity contribution is -0.127. The molecular weight excluding hydrogens is 316 g/mol. The summed E-state index contributed by atoms with van der Waals surface area (Å²) in [5.41, 5.74) is 0.996. The van der Waals surface area contributed by atoms with Crippen molar-refractivity contribution in [2.45, 2.75) is 32.4 Å². The maximum Gasteiger partial charge on any atom is 0.241 e. The Labute approximate surface area is 150 Å². The molecule has 2 N–H and O–H groups in total. The summed E-state index contributed by atoms with van der Waals surface area (Å²) in [6, 6.07) is 9.68. The number of piperazine rings is 1. The van der Waals surface area contributed by atoms with E-state index >= 15 is 0 Å². The number of carbonyl (C=O) groups is 2. The van der Waals surface area contributed by atoms with Crippen LogP contribution in [0.15, 0.2) is 30.3 Å². The van der Waals surface area contributed by atoms with Gasteiger partial charge < -0.3 is 15.5 Å². The average molecular weight is 346 g/mol. The lowest BCUT2D eigenvalue weighted by Crippen LogP contribution is -2.50. The number of rotatable bonds is 7. The van der Waals surface area contributed by atoms with Crippen LogP contribution in [0.2, 0.25) is 0 Å². The average Bonchev–Trinajstić information content (AvgIpc) is 2.57. The molecule has 0 saturated carbocycles. The van der Waals surface area contributed by atoms with Gasteiger partial charge >= 0.3 is 0 Å². The minimum atomic E-state index is -0.303. The molecule has 1 aromatic rings. The second-order valence-corrected chi connectivity index (χ2v) is 6.92. The minimum Gasteiger partial charge on any atom is -0.354 e. The molecule has 25 heavy (non-hydrogen) atoms. The third-order valence-corrected chi connectivity index (χ3v) is 4.37. The molecule has 2 amide bonds. The summed E-state index contributed by atoms with van der Waals surface area (Å²) in [7, 11) is 2.10. The van der Waals surface area contributed by atoms with Gasteiger partial charge in [0.2, 0.25) is 11.8 Å². The van der Waals surface area contributed by atoms with Gasteiger partial charge in [0.1, 0.15) is 6.04 Å². The summed E-state index contributed by atoms with van der Waals surface area (Å²) in [4.78, 5) is 29.1. The summed E-state index contributed by atoms with van der Waals surface area (Å²) in [5, 5.41) is 5.78. The molecule has 1 aliphatic rings. The molecule has 0 bridgehead atoms. The van der Waals surface area contributed by atoms with Crippen LogP contribution in [0.4, 0.5) is 0 Å². The number of hydrogen-bond acceptors (Lipinski definition) is 4. The van der Waals surface area contributed by atoms with Crippen molar-refractivity contribution in [2.75, 3.05) is 39.8 Å². The molecule has 2 rings (SSSR count). The highest BCUT2D eigenvalue weighted by Gasteiger charge is 2.29. The lowest BCUT2D eigenvalue weighted by atomic mass is 10.0. The van der Waals surface area contributed by atoms with Gasteiger partial charge in [0.25, 0.3) is 0 Å². The number of likely N-dealkylation sites (N-methyl/N-ethyl adjacent to an activating group) is 1. The van der Waals surface area contributed by atoms with Gasteiger partial charge in [0.15, 0.2) is 0 Å². The first-order chi connectivity index (χ1) is 12.0. The van der Waals surface area contributed by atoms with Crippen LogP contribution in [0.3, 0.4) is 0 Å². The number of carbonyl (C=O) groups excluding carboxylic acids is 2. The second-order valence-electron chi connectivity index (χ2n) is 6.92. The normalized spacial score (nSPS) is 17.3. The van der Waals surface area contributed by atoms with Gasteiger partial charge in [-0.3, -0.25) is 14.5 Å². The van der Waals surface area contributed by atoms with Crippen molar-refractivity contribution in [1.29, 1.82) is 0 Å². The Morgan fingerprint density at radius 1 is 1.08 bits per heavy atom. The number of nitrogens with zero attached hydrogens (tertiary/aromatic N) is 2. The maximum absolute atomic E-state index is 12.8. The molecule has 1 fully saturated rings. The van der Waals surface area contributed by atoms with Gasteiger partial charge in [-0.25, -0.2) is 0 Å². The van der Waals surface area contributed by atoms with E-state index in [9.17, 15) is 9.59 Å². The van der Waals surface area contributed by atoms with Crippen molar-refractivity contribution in [2.24, 2.45) is 0 Å². The molecular formula is C19H30N4O2. The summed E-state index contributed by atoms with van der Waals surface area (Å²) >= 11 is 0. The second kappa shape index (κ2) is 9.53. The fraction of sp³-hybridized carbons (Fsp3) is 0.579. The maximum atomic E-state index is 12.8. The lowest BCUT2D eigenvalue weighted by Gasteiger charge is -2.37. The first kappa shape index (κ1) is 19.4. The predicted molar refractivity (Wildman–Crippen MR) is 99.2 cm³/mol. The van der Waals surface area contributed by atoms with E-state index in [1.807, 2.05) is 44.2 Å². The van der Waals surface area contributed by atoms with Crippen LogP contribution in [0.5, 0.6) is 0 Å². The van der Waals surface area contributed by atoms with Gasteiger partial charge in [0, 0.05) is 45.2 Å². The van der Waals surface area contributed by atoms with Crippen LogP contribution < -0.4 is 10.6 Å². The SMILES string of the molecule is CC(C)NC(=O)CCNC(=O)[C@H](c1ccccc1)N1CCN(C)CC1. The summed E-state index contributed by atoms with van der Waals surface area (Å²) in [6.45, 7) is 7.83. The number of benzene rings is 1. The third-order valence-electron chi connectivity index (χ3n) is 4.37. The van der Waals surface area contributed by atoms with Gasteiger partial charge in [-0.15, -0.1) is 0 Å². The largest absolute Gasteiger partial charge is 0.354 e. The fourth-order valence-electron chi connectivity index (χ4n) is 3.03. The molecule has 1 saturated heterocycles. The zero-order valence-corrected chi connectivity index (χ0v) is 15.5. The quantitative estimate of drug-likeness (QED) is 0.773. The van der Waals surface area contributed by atoms with Crippen molar-refractivity contribution in [3.05, 3.63) is 35.9 Å². The first-order valence-corrected chi connectivity index (χ1v) is 9.02. The topological polar surface area (TPSA) is 64.7 Å². The highest BCUT2D eigenvalue weighted by atomic mass is 16.2. The Hall–Kier alpha value is -1.92. The molecule has 0 spiro atoms. The van der Waals surface area contributed by atoms with Crippen LogP contribution in [0.1, 0.15) is 31.9 Å². The van der Waals surface area contributed by atoms with Gasteiger partial charge in [0.05, 0.1) is 0 Å². The molecule has 0 aliphatic carbocycles. The number of nitrogens with one attached hydrogen (secondary N) is 2. The van der Waals surface area contributed by atoms with Crippen molar-refractivity contribution >= 4 is 11.8 Å². The van der Waals surface area contributed by atoms with Crippen LogP contribution >= 0.6 is 0 Å². The molecule has 0 aromatic heterocycles. The van der Waals surface area contributed by atoms with Crippen LogP contribution in [-0.4, -0.2) is 67.4 Å². The van der Waals surface area contributed by atoms with Crippen molar-refractivity contribution < 1.29 is 9.59 Å². The van der Waals surface area contributed by atoms with Gasteiger partial charge in [-0.1, -0.05) is 30.3 Å². The summed E-state index contributed by atoms with van der Waals surface area (Å²) < 4.78 is 0. The number of amides is 2. The van der Waals surface area contributed by atoms with Crippen LogP contribution in [0, 0.1) is 0 Å². The van der Waals surface area contributed by atoms with E-state index in [1.165, 1.54) is 0 Å². The minimum absolute atomic E-state index is 0.0342. The van der Waals surface area contributed by atoms with Crippen molar-refractivity contribution in [1.82, 2.24) is 20.4 Å².